The molecule has 1 unspecified atom stereocenters. The Morgan fingerprint density at radius 2 is 1.65 bits per heavy atom. The van der Waals surface area contributed by atoms with Crippen LogP contribution in [0.4, 0.5) is 5.82 Å². The summed E-state index contributed by atoms with van der Waals surface area (Å²) in [4.78, 5) is 32.2. The van der Waals surface area contributed by atoms with Crippen molar-refractivity contribution >= 4 is 28.7 Å². The van der Waals surface area contributed by atoms with Crippen LogP contribution in [0.2, 0.25) is 0 Å². The van der Waals surface area contributed by atoms with Gasteiger partial charge in [-0.1, -0.05) is 38.1 Å². The largest absolute Gasteiger partial charge is 0.481 e. The SMILES string of the molecule is Cc1nc2ccccc2nc1NC(CC(C)C)c1ccc(C(=O)NCCC(=O)O)cc1. The molecule has 1 heterocycles. The van der Waals surface area contributed by atoms with Gasteiger partial charge in [-0.2, -0.15) is 0 Å². The number of aromatic nitrogens is 2. The molecule has 3 aromatic rings. The van der Waals surface area contributed by atoms with Crippen LogP contribution in [0.3, 0.4) is 0 Å². The van der Waals surface area contributed by atoms with Crippen LogP contribution >= 0.6 is 0 Å². The molecule has 1 aromatic heterocycles. The maximum Gasteiger partial charge on any atom is 0.305 e. The van der Waals surface area contributed by atoms with Crippen LogP contribution in [0, 0.1) is 12.8 Å². The van der Waals surface area contributed by atoms with Crippen molar-refractivity contribution in [3.8, 4) is 0 Å². The second-order valence-electron chi connectivity index (χ2n) is 7.99. The molecule has 31 heavy (non-hydrogen) atoms. The Bertz CT molecular complexity index is 1060. The number of anilines is 1. The first-order valence-electron chi connectivity index (χ1n) is 10.4. The molecule has 7 nitrogen and oxygen atoms in total. The van der Waals surface area contributed by atoms with Gasteiger partial charge in [0.25, 0.3) is 5.91 Å². The number of carboxylic acid groups (broad SMARTS) is 1. The fraction of sp³-hybridized carbons (Fsp3) is 0.333. The molecule has 0 saturated heterocycles. The average molecular weight is 421 g/mol. The summed E-state index contributed by atoms with van der Waals surface area (Å²) in [6, 6.07) is 15.2. The number of nitrogens with one attached hydrogen (secondary N) is 2. The lowest BCUT2D eigenvalue weighted by Gasteiger charge is -2.23. The van der Waals surface area contributed by atoms with Gasteiger partial charge >= 0.3 is 5.97 Å². The third-order valence-corrected chi connectivity index (χ3v) is 4.96. The number of carboxylic acids is 1. The highest BCUT2D eigenvalue weighted by molar-refractivity contribution is 5.94. The van der Waals surface area contributed by atoms with E-state index >= 15 is 0 Å². The Labute approximate surface area is 181 Å². The zero-order valence-electron chi connectivity index (χ0n) is 18.1. The molecule has 0 radical (unpaired) electrons. The molecule has 3 N–H and O–H groups in total. The highest BCUT2D eigenvalue weighted by atomic mass is 16.4. The number of rotatable bonds is 9. The zero-order valence-corrected chi connectivity index (χ0v) is 18.1. The number of para-hydroxylation sites is 2. The number of carbonyl (C=O) groups excluding carboxylic acids is 1. The lowest BCUT2D eigenvalue weighted by atomic mass is 9.96. The quantitative estimate of drug-likeness (QED) is 0.476. The van der Waals surface area contributed by atoms with Gasteiger partial charge < -0.3 is 15.7 Å². The summed E-state index contributed by atoms with van der Waals surface area (Å²) < 4.78 is 0. The smallest absolute Gasteiger partial charge is 0.305 e. The van der Waals surface area contributed by atoms with E-state index < -0.39 is 5.97 Å². The molecule has 1 atom stereocenters. The van der Waals surface area contributed by atoms with Crippen LogP contribution in [0.1, 0.15) is 54.3 Å². The van der Waals surface area contributed by atoms with Crippen LogP contribution in [0.5, 0.6) is 0 Å². The van der Waals surface area contributed by atoms with Gasteiger partial charge in [-0.05, 0) is 49.1 Å². The highest BCUT2D eigenvalue weighted by Crippen LogP contribution is 2.27. The summed E-state index contributed by atoms with van der Waals surface area (Å²) in [7, 11) is 0. The first kappa shape index (κ1) is 22.2. The van der Waals surface area contributed by atoms with E-state index in [1.54, 1.807) is 12.1 Å². The number of aliphatic carboxylic acids is 1. The predicted molar refractivity (Wildman–Crippen MR) is 121 cm³/mol. The van der Waals surface area contributed by atoms with Gasteiger partial charge in [0.2, 0.25) is 0 Å². The van der Waals surface area contributed by atoms with Crippen molar-refractivity contribution in [2.24, 2.45) is 5.92 Å². The van der Waals surface area contributed by atoms with Crippen LogP contribution in [0.25, 0.3) is 11.0 Å². The number of fused-ring (bicyclic) bond motifs is 1. The van der Waals surface area contributed by atoms with Gasteiger partial charge in [0.15, 0.2) is 0 Å². The van der Waals surface area contributed by atoms with Crippen LogP contribution in [-0.4, -0.2) is 33.5 Å². The molecule has 0 bridgehead atoms. The van der Waals surface area contributed by atoms with Crippen molar-refractivity contribution in [2.45, 2.75) is 39.7 Å². The number of hydrogen-bond donors (Lipinski definition) is 3. The van der Waals surface area contributed by atoms with E-state index in [4.69, 9.17) is 10.1 Å². The van der Waals surface area contributed by atoms with E-state index in [2.05, 4.69) is 29.5 Å². The Morgan fingerprint density at radius 1 is 1.00 bits per heavy atom. The first-order valence-corrected chi connectivity index (χ1v) is 10.4. The standard InChI is InChI=1S/C24H28N4O3/c1-15(2)14-21(28-23-16(3)26-19-6-4-5-7-20(19)27-23)17-8-10-18(11-9-17)24(31)25-13-12-22(29)30/h4-11,15,21H,12-14H2,1-3H3,(H,25,31)(H,27,28)(H,29,30). The fourth-order valence-electron chi connectivity index (χ4n) is 3.39. The molecule has 0 fully saturated rings. The summed E-state index contributed by atoms with van der Waals surface area (Å²) in [6.07, 6.45) is 0.786. The van der Waals surface area contributed by atoms with Crippen LogP contribution in [0.15, 0.2) is 48.5 Å². The van der Waals surface area contributed by atoms with E-state index in [9.17, 15) is 9.59 Å². The summed E-state index contributed by atoms with van der Waals surface area (Å²) in [6.45, 7) is 6.38. The molecule has 7 heteroatoms. The number of aryl methyl sites for hydroxylation is 1. The normalized spacial score (nSPS) is 12.0. The van der Waals surface area contributed by atoms with Crippen molar-refractivity contribution in [1.82, 2.24) is 15.3 Å². The highest BCUT2D eigenvalue weighted by Gasteiger charge is 2.17. The van der Waals surface area contributed by atoms with Crippen molar-refractivity contribution in [1.29, 1.82) is 0 Å². The maximum absolute atomic E-state index is 12.2. The number of amides is 1. The van der Waals surface area contributed by atoms with Crippen LogP contribution < -0.4 is 10.6 Å². The second kappa shape index (κ2) is 10.0. The molecule has 1 amide bonds. The molecule has 2 aromatic carbocycles. The summed E-state index contributed by atoms with van der Waals surface area (Å²) in [5, 5.41) is 14.9. The molecule has 162 valence electrons. The molecule has 3 rings (SSSR count). The Hall–Kier alpha value is -3.48. The first-order chi connectivity index (χ1) is 14.8. The van der Waals surface area contributed by atoms with Gasteiger partial charge in [0, 0.05) is 12.1 Å². The monoisotopic (exact) mass is 420 g/mol. The van der Waals surface area contributed by atoms with E-state index in [1.165, 1.54) is 0 Å². The van der Waals surface area contributed by atoms with Gasteiger partial charge in [-0.15, -0.1) is 0 Å². The minimum atomic E-state index is -0.940. The third kappa shape index (κ3) is 6.01. The zero-order chi connectivity index (χ0) is 22.4. The fourth-order valence-corrected chi connectivity index (χ4v) is 3.39. The van der Waals surface area contributed by atoms with Gasteiger partial charge in [0.1, 0.15) is 5.82 Å². The second-order valence-corrected chi connectivity index (χ2v) is 7.99. The average Bonchev–Trinajstić information content (AvgIpc) is 2.73. The predicted octanol–water partition coefficient (Wildman–Crippen LogP) is 4.34. The summed E-state index contributed by atoms with van der Waals surface area (Å²) in [5.74, 6) is -0.0206. The number of benzene rings is 2. The van der Waals surface area contributed by atoms with Gasteiger partial charge in [-0.3, -0.25) is 9.59 Å². The van der Waals surface area contributed by atoms with Crippen molar-refractivity contribution in [2.75, 3.05) is 11.9 Å². The maximum atomic E-state index is 12.2. The molecule has 0 aliphatic heterocycles. The topological polar surface area (TPSA) is 104 Å². The third-order valence-electron chi connectivity index (χ3n) is 4.96. The Balaban J connectivity index is 1.79. The minimum absolute atomic E-state index is 0.0123. The summed E-state index contributed by atoms with van der Waals surface area (Å²) in [5.41, 5.74) is 4.09. The minimum Gasteiger partial charge on any atom is -0.481 e. The van der Waals surface area contributed by atoms with Crippen molar-refractivity contribution < 1.29 is 14.7 Å². The number of nitrogens with zero attached hydrogens (tertiary/aromatic N) is 2. The lowest BCUT2D eigenvalue weighted by Crippen LogP contribution is -2.26. The van der Waals surface area contributed by atoms with E-state index in [-0.39, 0.29) is 24.9 Å². The van der Waals surface area contributed by atoms with Gasteiger partial charge in [0.05, 0.1) is 29.2 Å². The summed E-state index contributed by atoms with van der Waals surface area (Å²) >= 11 is 0. The van der Waals surface area contributed by atoms with Crippen LogP contribution in [-0.2, 0) is 4.79 Å². The van der Waals surface area contributed by atoms with E-state index in [0.717, 1.165) is 34.5 Å². The van der Waals surface area contributed by atoms with Crippen molar-refractivity contribution in [3.63, 3.8) is 0 Å². The van der Waals surface area contributed by atoms with Gasteiger partial charge in [-0.25, -0.2) is 9.97 Å². The van der Waals surface area contributed by atoms with E-state index in [0.29, 0.717) is 11.5 Å². The Kier molecular flexibility index (Phi) is 7.18. The Morgan fingerprint density at radius 3 is 2.26 bits per heavy atom. The molecular formula is C24H28N4O3. The lowest BCUT2D eigenvalue weighted by molar-refractivity contribution is -0.136. The van der Waals surface area contributed by atoms with Crippen molar-refractivity contribution in [3.05, 3.63) is 65.4 Å². The number of hydrogen-bond acceptors (Lipinski definition) is 5. The van der Waals surface area contributed by atoms with E-state index in [1.807, 2.05) is 43.3 Å². The molecule has 0 aliphatic carbocycles. The molecule has 0 aliphatic rings. The molecule has 0 saturated carbocycles. The molecule has 0 spiro atoms. The molecular weight excluding hydrogens is 392 g/mol. The number of carbonyl (C=O) groups is 2.